The van der Waals surface area contributed by atoms with Crippen LogP contribution in [-0.2, 0) is 0 Å². The second kappa shape index (κ2) is 8.18. The van der Waals surface area contributed by atoms with Crippen molar-refractivity contribution in [3.8, 4) is 0 Å². The second-order valence-electron chi connectivity index (χ2n) is 11.7. The Labute approximate surface area is 180 Å². The summed E-state index contributed by atoms with van der Waals surface area (Å²) in [6.45, 7) is 11.9. The summed E-state index contributed by atoms with van der Waals surface area (Å²) in [5.41, 5.74) is 5.75. The van der Waals surface area contributed by atoms with E-state index < -0.39 is 0 Å². The molecule has 0 aromatic rings. The Hall–Kier alpha value is -0.560. The minimum absolute atomic E-state index is 0.221. The van der Waals surface area contributed by atoms with Crippen molar-refractivity contribution in [1.29, 1.82) is 0 Å². The first-order valence-electron chi connectivity index (χ1n) is 12.9. The highest BCUT2D eigenvalue weighted by molar-refractivity contribution is 5.33. The summed E-state index contributed by atoms with van der Waals surface area (Å²) in [5.74, 6) is 3.32. The summed E-state index contributed by atoms with van der Waals surface area (Å²) in [5, 5.41) is 11.0. The van der Waals surface area contributed by atoms with Gasteiger partial charge in [-0.2, -0.15) is 0 Å². The van der Waals surface area contributed by atoms with Gasteiger partial charge in [0.25, 0.3) is 0 Å². The molecule has 0 aromatic carbocycles. The Morgan fingerprint density at radius 2 is 1.90 bits per heavy atom. The SMILES string of the molecule is CCC12CCC3C(CC=C4CCCCC43C)C1CC/C2=C(/C)[C@@H](O)CCC(C)C. The average Bonchev–Trinajstić information content (AvgIpc) is 3.11. The van der Waals surface area contributed by atoms with Gasteiger partial charge >= 0.3 is 0 Å². The average molecular weight is 399 g/mol. The Kier molecular flexibility index (Phi) is 6.11. The Morgan fingerprint density at radius 3 is 2.62 bits per heavy atom. The van der Waals surface area contributed by atoms with Crippen LogP contribution >= 0.6 is 0 Å². The zero-order valence-electron chi connectivity index (χ0n) is 19.9. The van der Waals surface area contributed by atoms with Crippen LogP contribution in [0.3, 0.4) is 0 Å². The summed E-state index contributed by atoms with van der Waals surface area (Å²) in [6.07, 6.45) is 18.2. The second-order valence-corrected chi connectivity index (χ2v) is 11.7. The lowest BCUT2D eigenvalue weighted by molar-refractivity contribution is -0.0229. The predicted octanol–water partition coefficient (Wildman–Crippen LogP) is 7.84. The highest BCUT2D eigenvalue weighted by atomic mass is 16.3. The van der Waals surface area contributed by atoms with Crippen LogP contribution in [0.4, 0.5) is 0 Å². The molecule has 29 heavy (non-hydrogen) atoms. The van der Waals surface area contributed by atoms with Crippen LogP contribution in [0, 0.1) is 34.5 Å². The third-order valence-corrected chi connectivity index (χ3v) is 10.2. The van der Waals surface area contributed by atoms with E-state index in [-0.39, 0.29) is 6.10 Å². The van der Waals surface area contributed by atoms with Gasteiger partial charge in [0, 0.05) is 0 Å². The molecule has 164 valence electrons. The molecule has 4 aliphatic rings. The molecule has 0 aromatic heterocycles. The van der Waals surface area contributed by atoms with E-state index >= 15 is 0 Å². The van der Waals surface area contributed by atoms with Gasteiger partial charge in [0.05, 0.1) is 6.10 Å². The summed E-state index contributed by atoms with van der Waals surface area (Å²) in [6, 6.07) is 0. The van der Waals surface area contributed by atoms with Crippen molar-refractivity contribution in [2.24, 2.45) is 34.5 Å². The van der Waals surface area contributed by atoms with E-state index in [1.807, 2.05) is 5.57 Å². The molecule has 0 spiro atoms. The first kappa shape index (κ1) is 21.7. The molecule has 1 nitrogen and oxygen atoms in total. The number of hydrogen-bond acceptors (Lipinski definition) is 1. The molecule has 0 saturated heterocycles. The number of aliphatic hydroxyl groups is 1. The van der Waals surface area contributed by atoms with Gasteiger partial charge in [0.1, 0.15) is 0 Å². The summed E-state index contributed by atoms with van der Waals surface area (Å²) in [7, 11) is 0. The largest absolute Gasteiger partial charge is 0.389 e. The summed E-state index contributed by atoms with van der Waals surface area (Å²) >= 11 is 0. The molecule has 3 fully saturated rings. The minimum Gasteiger partial charge on any atom is -0.389 e. The fraction of sp³-hybridized carbons (Fsp3) is 0.857. The molecular weight excluding hydrogens is 352 g/mol. The van der Waals surface area contributed by atoms with Gasteiger partial charge < -0.3 is 5.11 Å². The van der Waals surface area contributed by atoms with Crippen LogP contribution in [0.1, 0.15) is 112 Å². The van der Waals surface area contributed by atoms with E-state index in [1.165, 1.54) is 69.8 Å². The molecule has 0 aliphatic heterocycles. The Balaban J connectivity index is 1.62. The van der Waals surface area contributed by atoms with E-state index in [1.54, 1.807) is 5.57 Å². The van der Waals surface area contributed by atoms with Gasteiger partial charge in [-0.15, -0.1) is 0 Å². The summed E-state index contributed by atoms with van der Waals surface area (Å²) in [4.78, 5) is 0. The molecule has 4 rings (SSSR count). The van der Waals surface area contributed by atoms with E-state index in [0.717, 1.165) is 30.6 Å². The number of rotatable bonds is 5. The van der Waals surface area contributed by atoms with Crippen LogP contribution in [0.15, 0.2) is 22.8 Å². The molecule has 5 unspecified atom stereocenters. The van der Waals surface area contributed by atoms with Crippen molar-refractivity contribution in [3.63, 3.8) is 0 Å². The lowest BCUT2D eigenvalue weighted by atomic mass is 9.47. The van der Waals surface area contributed by atoms with Crippen LogP contribution in [0.2, 0.25) is 0 Å². The quantitative estimate of drug-likeness (QED) is 0.468. The first-order valence-corrected chi connectivity index (χ1v) is 12.9. The topological polar surface area (TPSA) is 20.2 Å². The molecule has 4 aliphatic carbocycles. The molecule has 0 heterocycles. The number of allylic oxidation sites excluding steroid dienone is 3. The standard InChI is InChI=1S/C28H46O/c1-6-28-18-16-24-22(12-11-21-9-7-8-17-27(21,24)5)25(28)14-13-23(28)20(4)26(29)15-10-19(2)3/h11,19,22,24-26,29H,6-10,12-18H2,1-5H3/b23-20+/t22?,24?,25?,26-,27?,28?/m0/s1. The third-order valence-electron chi connectivity index (χ3n) is 10.2. The minimum atomic E-state index is -0.221. The lowest BCUT2D eigenvalue weighted by Gasteiger charge is -2.58. The molecule has 6 atom stereocenters. The maximum Gasteiger partial charge on any atom is 0.0750 e. The molecular formula is C28H46O. The van der Waals surface area contributed by atoms with Gasteiger partial charge in [-0.3, -0.25) is 0 Å². The number of hydrogen-bond donors (Lipinski definition) is 1. The molecule has 1 heteroatoms. The first-order chi connectivity index (χ1) is 13.8. The Bertz CT molecular complexity index is 670. The van der Waals surface area contributed by atoms with E-state index in [9.17, 15) is 5.11 Å². The Morgan fingerprint density at radius 1 is 1.10 bits per heavy atom. The van der Waals surface area contributed by atoms with Crippen molar-refractivity contribution < 1.29 is 5.11 Å². The van der Waals surface area contributed by atoms with Crippen LogP contribution in [0.25, 0.3) is 0 Å². The smallest absolute Gasteiger partial charge is 0.0750 e. The van der Waals surface area contributed by atoms with Gasteiger partial charge in [-0.25, -0.2) is 0 Å². The van der Waals surface area contributed by atoms with E-state index in [4.69, 9.17) is 0 Å². The van der Waals surface area contributed by atoms with Crippen molar-refractivity contribution >= 4 is 0 Å². The van der Waals surface area contributed by atoms with E-state index in [2.05, 4.69) is 40.7 Å². The van der Waals surface area contributed by atoms with Gasteiger partial charge in [-0.1, -0.05) is 51.3 Å². The maximum absolute atomic E-state index is 11.0. The number of aliphatic hydroxyl groups excluding tert-OH is 1. The van der Waals surface area contributed by atoms with Gasteiger partial charge in [0.15, 0.2) is 0 Å². The molecule has 0 amide bonds. The fourth-order valence-corrected chi connectivity index (χ4v) is 8.48. The van der Waals surface area contributed by atoms with E-state index in [0.29, 0.717) is 16.7 Å². The highest BCUT2D eigenvalue weighted by Gasteiger charge is 2.58. The molecule has 0 bridgehead atoms. The van der Waals surface area contributed by atoms with Crippen LogP contribution < -0.4 is 0 Å². The van der Waals surface area contributed by atoms with Crippen molar-refractivity contribution in [2.45, 2.75) is 118 Å². The monoisotopic (exact) mass is 398 g/mol. The zero-order chi connectivity index (χ0) is 20.8. The predicted molar refractivity (Wildman–Crippen MR) is 124 cm³/mol. The molecule has 1 N–H and O–H groups in total. The lowest BCUT2D eigenvalue weighted by Crippen LogP contribution is -2.49. The molecule has 0 radical (unpaired) electrons. The normalized spacial score (nSPS) is 42.0. The summed E-state index contributed by atoms with van der Waals surface area (Å²) < 4.78 is 0. The fourth-order valence-electron chi connectivity index (χ4n) is 8.48. The van der Waals surface area contributed by atoms with Crippen molar-refractivity contribution in [3.05, 3.63) is 22.8 Å². The van der Waals surface area contributed by atoms with Crippen LogP contribution in [0.5, 0.6) is 0 Å². The van der Waals surface area contributed by atoms with Crippen LogP contribution in [-0.4, -0.2) is 11.2 Å². The zero-order valence-corrected chi connectivity index (χ0v) is 19.9. The van der Waals surface area contributed by atoms with Gasteiger partial charge in [0.2, 0.25) is 0 Å². The van der Waals surface area contributed by atoms with Crippen molar-refractivity contribution in [2.75, 3.05) is 0 Å². The maximum atomic E-state index is 11.0. The number of fused-ring (bicyclic) bond motifs is 5. The third kappa shape index (κ3) is 3.48. The highest BCUT2D eigenvalue weighted by Crippen LogP contribution is 2.67. The van der Waals surface area contributed by atoms with Crippen molar-refractivity contribution in [1.82, 2.24) is 0 Å². The molecule has 3 saturated carbocycles. The van der Waals surface area contributed by atoms with Gasteiger partial charge in [-0.05, 0) is 118 Å².